The molecule has 0 fully saturated rings. The van der Waals surface area contributed by atoms with Crippen LogP contribution in [0.15, 0.2) is 33.5 Å². The minimum Gasteiger partial charge on any atom is -0.497 e. The number of rotatable bonds is 7. The Morgan fingerprint density at radius 1 is 1.35 bits per heavy atom. The molecule has 23 heavy (non-hydrogen) atoms. The fraction of sp³-hybridized carbons (Fsp3) is 0.412. The fourth-order valence-electron chi connectivity index (χ4n) is 2.38. The molecule has 0 aliphatic rings. The molecule has 2 aromatic rings. The van der Waals surface area contributed by atoms with E-state index in [4.69, 9.17) is 9.15 Å². The minimum atomic E-state index is -0.412. The van der Waals surface area contributed by atoms with Gasteiger partial charge in [-0.3, -0.25) is 9.69 Å². The smallest absolute Gasteiger partial charge is 0.336 e. The molecular formula is C17H22N2O4. The highest BCUT2D eigenvalue weighted by Crippen LogP contribution is 2.23. The molecule has 0 spiro atoms. The molecule has 6 heteroatoms. The van der Waals surface area contributed by atoms with Gasteiger partial charge < -0.3 is 14.5 Å². The van der Waals surface area contributed by atoms with E-state index in [-0.39, 0.29) is 12.5 Å². The van der Waals surface area contributed by atoms with Crippen molar-refractivity contribution in [3.63, 3.8) is 0 Å². The highest BCUT2D eigenvalue weighted by atomic mass is 16.5. The van der Waals surface area contributed by atoms with Crippen LogP contribution in [0.3, 0.4) is 0 Å². The van der Waals surface area contributed by atoms with Gasteiger partial charge in [-0.1, -0.05) is 6.92 Å². The molecule has 1 heterocycles. The summed E-state index contributed by atoms with van der Waals surface area (Å²) in [4.78, 5) is 25.4. The number of likely N-dealkylation sites (N-methyl/N-ethyl adjacent to an activating group) is 1. The van der Waals surface area contributed by atoms with E-state index < -0.39 is 5.63 Å². The third-order valence-corrected chi connectivity index (χ3v) is 3.46. The minimum absolute atomic E-state index is 0.0247. The molecule has 6 nitrogen and oxygen atoms in total. The summed E-state index contributed by atoms with van der Waals surface area (Å²) in [5.74, 6) is 0.605. The first-order valence-electron chi connectivity index (χ1n) is 7.59. The number of nitrogens with zero attached hydrogens (tertiary/aromatic N) is 1. The van der Waals surface area contributed by atoms with Crippen LogP contribution in [0.2, 0.25) is 0 Å². The average molecular weight is 318 g/mol. The lowest BCUT2D eigenvalue weighted by Crippen LogP contribution is -2.35. The second-order valence-electron chi connectivity index (χ2n) is 5.48. The number of nitrogens with one attached hydrogen (secondary N) is 1. The summed E-state index contributed by atoms with van der Waals surface area (Å²) in [7, 11) is 3.40. The topological polar surface area (TPSA) is 71.8 Å². The lowest BCUT2D eigenvalue weighted by Gasteiger charge is -2.17. The van der Waals surface area contributed by atoms with Gasteiger partial charge in [-0.25, -0.2) is 4.79 Å². The quantitative estimate of drug-likeness (QED) is 0.788. The van der Waals surface area contributed by atoms with Crippen molar-refractivity contribution in [1.82, 2.24) is 10.2 Å². The Hall–Kier alpha value is -2.34. The molecular weight excluding hydrogens is 296 g/mol. The number of hydrogen-bond acceptors (Lipinski definition) is 5. The van der Waals surface area contributed by atoms with E-state index in [1.54, 1.807) is 13.2 Å². The molecule has 0 aliphatic carbocycles. The number of fused-ring (bicyclic) bond motifs is 1. The van der Waals surface area contributed by atoms with Gasteiger partial charge in [-0.2, -0.15) is 0 Å². The van der Waals surface area contributed by atoms with E-state index in [2.05, 4.69) is 5.32 Å². The second-order valence-corrected chi connectivity index (χ2v) is 5.48. The first kappa shape index (κ1) is 17.0. The SMILES string of the molecule is CCCNC(=O)CN(C)Cc1cc(=O)oc2cc(OC)ccc12. The largest absolute Gasteiger partial charge is 0.497 e. The number of carbonyl (C=O) groups is 1. The Labute approximate surface area is 135 Å². The Kier molecular flexibility index (Phi) is 5.76. The van der Waals surface area contributed by atoms with E-state index in [0.717, 1.165) is 17.4 Å². The van der Waals surface area contributed by atoms with Gasteiger partial charge in [0.15, 0.2) is 0 Å². The van der Waals surface area contributed by atoms with Gasteiger partial charge in [0.05, 0.1) is 13.7 Å². The van der Waals surface area contributed by atoms with Gasteiger partial charge in [-0.05, 0) is 31.2 Å². The number of carbonyl (C=O) groups excluding carboxylic acids is 1. The maximum absolute atomic E-state index is 11.8. The van der Waals surface area contributed by atoms with Crippen molar-refractivity contribution in [2.45, 2.75) is 19.9 Å². The number of amides is 1. The molecule has 1 aromatic heterocycles. The van der Waals surface area contributed by atoms with E-state index in [1.807, 2.05) is 31.0 Å². The monoisotopic (exact) mass is 318 g/mol. The lowest BCUT2D eigenvalue weighted by molar-refractivity contribution is -0.122. The summed E-state index contributed by atoms with van der Waals surface area (Å²) in [5.41, 5.74) is 0.893. The third-order valence-electron chi connectivity index (χ3n) is 3.46. The predicted molar refractivity (Wildman–Crippen MR) is 88.7 cm³/mol. The number of hydrogen-bond donors (Lipinski definition) is 1. The molecule has 0 unspecified atom stereocenters. The predicted octanol–water partition coefficient (Wildman–Crippen LogP) is 1.76. The van der Waals surface area contributed by atoms with E-state index in [1.165, 1.54) is 6.07 Å². The molecule has 0 aliphatic heterocycles. The van der Waals surface area contributed by atoms with Crippen LogP contribution >= 0.6 is 0 Å². The van der Waals surface area contributed by atoms with Crippen LogP contribution in [0.25, 0.3) is 11.0 Å². The summed E-state index contributed by atoms with van der Waals surface area (Å²) in [5, 5.41) is 3.67. The van der Waals surface area contributed by atoms with E-state index >= 15 is 0 Å². The van der Waals surface area contributed by atoms with Crippen molar-refractivity contribution >= 4 is 16.9 Å². The van der Waals surface area contributed by atoms with Gasteiger partial charge >= 0.3 is 5.63 Å². The van der Waals surface area contributed by atoms with Gasteiger partial charge in [0.25, 0.3) is 0 Å². The highest BCUT2D eigenvalue weighted by Gasteiger charge is 2.11. The average Bonchev–Trinajstić information content (AvgIpc) is 2.51. The lowest BCUT2D eigenvalue weighted by atomic mass is 10.1. The Balaban J connectivity index is 2.19. The Bertz CT molecular complexity index is 739. The third kappa shape index (κ3) is 4.56. The van der Waals surface area contributed by atoms with Gasteiger partial charge in [0.1, 0.15) is 11.3 Å². The van der Waals surface area contributed by atoms with Crippen LogP contribution in [-0.2, 0) is 11.3 Å². The molecule has 1 N–H and O–H groups in total. The van der Waals surface area contributed by atoms with Crippen molar-refractivity contribution in [3.8, 4) is 5.75 Å². The molecule has 0 saturated heterocycles. The standard InChI is InChI=1S/C17H22N2O4/c1-4-7-18-16(20)11-19(2)10-12-8-17(21)23-15-9-13(22-3)5-6-14(12)15/h5-6,8-9H,4,7,10-11H2,1-3H3,(H,18,20). The zero-order chi connectivity index (χ0) is 16.8. The number of methoxy groups -OCH3 is 1. The van der Waals surface area contributed by atoms with Crippen molar-refractivity contribution in [1.29, 1.82) is 0 Å². The molecule has 0 atom stereocenters. The van der Waals surface area contributed by atoms with Gasteiger partial charge in [-0.15, -0.1) is 0 Å². The van der Waals surface area contributed by atoms with Crippen LogP contribution in [0.4, 0.5) is 0 Å². The molecule has 2 rings (SSSR count). The summed E-state index contributed by atoms with van der Waals surface area (Å²) in [6, 6.07) is 6.83. The first-order chi connectivity index (χ1) is 11.0. The molecule has 1 amide bonds. The van der Waals surface area contributed by atoms with Crippen molar-refractivity contribution in [2.75, 3.05) is 27.2 Å². The Morgan fingerprint density at radius 2 is 2.13 bits per heavy atom. The molecule has 124 valence electrons. The zero-order valence-electron chi connectivity index (χ0n) is 13.7. The molecule has 0 bridgehead atoms. The summed E-state index contributed by atoms with van der Waals surface area (Å²) >= 11 is 0. The van der Waals surface area contributed by atoms with Crippen LogP contribution in [0, 0.1) is 0 Å². The maximum Gasteiger partial charge on any atom is 0.336 e. The zero-order valence-corrected chi connectivity index (χ0v) is 13.7. The Morgan fingerprint density at radius 3 is 2.83 bits per heavy atom. The van der Waals surface area contributed by atoms with Crippen LogP contribution < -0.4 is 15.7 Å². The van der Waals surface area contributed by atoms with Gasteiger partial charge in [0, 0.05) is 30.6 Å². The summed E-state index contributed by atoms with van der Waals surface area (Å²) < 4.78 is 10.4. The van der Waals surface area contributed by atoms with Crippen LogP contribution in [0.1, 0.15) is 18.9 Å². The summed E-state index contributed by atoms with van der Waals surface area (Å²) in [6.07, 6.45) is 0.904. The van der Waals surface area contributed by atoms with E-state index in [0.29, 0.717) is 24.4 Å². The number of ether oxygens (including phenoxy) is 1. The highest BCUT2D eigenvalue weighted by molar-refractivity contribution is 5.82. The normalized spacial score (nSPS) is 11.0. The molecule has 1 aromatic carbocycles. The van der Waals surface area contributed by atoms with Crippen molar-refractivity contribution in [2.24, 2.45) is 0 Å². The summed E-state index contributed by atoms with van der Waals surface area (Å²) in [6.45, 7) is 3.43. The molecule has 0 saturated carbocycles. The maximum atomic E-state index is 11.8. The van der Waals surface area contributed by atoms with Crippen LogP contribution in [0.5, 0.6) is 5.75 Å². The molecule has 0 radical (unpaired) electrons. The fourth-order valence-corrected chi connectivity index (χ4v) is 2.38. The van der Waals surface area contributed by atoms with E-state index in [9.17, 15) is 9.59 Å². The second kappa shape index (κ2) is 7.78. The van der Waals surface area contributed by atoms with Gasteiger partial charge in [0.2, 0.25) is 5.91 Å². The first-order valence-corrected chi connectivity index (χ1v) is 7.59. The van der Waals surface area contributed by atoms with Crippen molar-refractivity contribution in [3.05, 3.63) is 40.2 Å². The van der Waals surface area contributed by atoms with Crippen LogP contribution in [-0.4, -0.2) is 38.1 Å². The van der Waals surface area contributed by atoms with Crippen molar-refractivity contribution < 1.29 is 13.9 Å². The number of benzene rings is 1.